The van der Waals surface area contributed by atoms with Gasteiger partial charge in [0.25, 0.3) is 0 Å². The maximum absolute atomic E-state index is 12.7. The topological polar surface area (TPSA) is 125 Å². The number of aliphatic hydroxyl groups excluding tert-OH is 1. The molecule has 2 aliphatic rings. The second-order valence-corrected chi connectivity index (χ2v) is 7.59. The zero-order valence-electron chi connectivity index (χ0n) is 18.6. The van der Waals surface area contributed by atoms with E-state index in [2.05, 4.69) is 6.58 Å². The smallest absolute Gasteiger partial charge is 0.337 e. The molecule has 1 heterocycles. The first-order valence-electron chi connectivity index (χ1n) is 10.1. The molecule has 2 rings (SSSR count). The van der Waals surface area contributed by atoms with E-state index >= 15 is 0 Å². The monoisotopic (exact) mass is 448 g/mol. The minimum absolute atomic E-state index is 0.0163. The van der Waals surface area contributed by atoms with E-state index in [4.69, 9.17) is 24.1 Å². The van der Waals surface area contributed by atoms with Crippen molar-refractivity contribution in [1.29, 1.82) is 0 Å². The zero-order chi connectivity index (χ0) is 24.0. The van der Waals surface area contributed by atoms with Crippen LogP contribution in [0.5, 0.6) is 0 Å². The minimum Gasteiger partial charge on any atom is -0.466 e. The van der Waals surface area contributed by atoms with Gasteiger partial charge in [0, 0.05) is 18.1 Å². The lowest BCUT2D eigenvalue weighted by atomic mass is 9.83. The van der Waals surface area contributed by atoms with Gasteiger partial charge in [0.05, 0.1) is 25.2 Å². The fourth-order valence-corrected chi connectivity index (χ4v) is 3.63. The third kappa shape index (κ3) is 5.73. The third-order valence-corrected chi connectivity index (χ3v) is 5.25. The number of carbonyl (C=O) groups is 4. The lowest BCUT2D eigenvalue weighted by molar-refractivity contribution is -0.167. The highest BCUT2D eigenvalue weighted by Gasteiger charge is 2.50. The van der Waals surface area contributed by atoms with E-state index in [1.807, 2.05) is 6.92 Å². The lowest BCUT2D eigenvalue weighted by Gasteiger charge is -2.33. The Morgan fingerprint density at radius 3 is 2.56 bits per heavy atom. The predicted molar refractivity (Wildman–Crippen MR) is 112 cm³/mol. The van der Waals surface area contributed by atoms with E-state index in [0.717, 1.165) is 12.5 Å². The molecule has 1 fully saturated rings. The summed E-state index contributed by atoms with van der Waals surface area (Å²) in [7, 11) is 1.18. The van der Waals surface area contributed by atoms with Crippen molar-refractivity contribution in [3.63, 3.8) is 0 Å². The average Bonchev–Trinajstić information content (AvgIpc) is 3.00. The highest BCUT2D eigenvalue weighted by Crippen LogP contribution is 2.38. The van der Waals surface area contributed by atoms with Crippen molar-refractivity contribution in [3.05, 3.63) is 47.1 Å². The van der Waals surface area contributed by atoms with Crippen LogP contribution in [0.15, 0.2) is 47.1 Å². The van der Waals surface area contributed by atoms with Gasteiger partial charge in [-0.25, -0.2) is 14.4 Å². The van der Waals surface area contributed by atoms with Crippen LogP contribution in [0.25, 0.3) is 0 Å². The van der Waals surface area contributed by atoms with Gasteiger partial charge in [-0.3, -0.25) is 4.79 Å². The van der Waals surface area contributed by atoms with Gasteiger partial charge in [-0.05, 0) is 38.8 Å². The molecule has 1 N–H and O–H groups in total. The van der Waals surface area contributed by atoms with Gasteiger partial charge in [-0.2, -0.15) is 0 Å². The molecule has 0 spiro atoms. The van der Waals surface area contributed by atoms with Crippen LogP contribution in [-0.4, -0.2) is 61.0 Å². The SMILES string of the molecule is C=C1C(=O)O[C@@H]2/C=C(\C)CC/C=C(/C(=O)OC)[C@H](OC(C)=O)[C@@H](OC(=O)/C(C)=C/CO)[C@@H]12. The number of hydrogen-bond acceptors (Lipinski definition) is 9. The standard InChI is InChI=1S/C23H28O9/c1-12-7-6-8-16(23(28)29-5)19(30-15(4)25)20(32-21(26)13(2)9-10-24)18-14(3)22(27)31-17(18)11-12/h8-9,11,17-20,24H,3,6-7,10H2,1-2,4-5H3/b12-11+,13-9+,16-8+/t17-,18+,19+,20+/m1/s1. The Balaban J connectivity index is 2.69. The quantitative estimate of drug-likeness (QED) is 0.289. The number of allylic oxidation sites excluding steroid dienone is 2. The van der Waals surface area contributed by atoms with Gasteiger partial charge >= 0.3 is 23.9 Å². The molecule has 174 valence electrons. The molecule has 9 nitrogen and oxygen atoms in total. The first-order valence-corrected chi connectivity index (χ1v) is 10.1. The number of esters is 4. The van der Waals surface area contributed by atoms with Gasteiger partial charge in [0.2, 0.25) is 0 Å². The summed E-state index contributed by atoms with van der Waals surface area (Å²) >= 11 is 0. The van der Waals surface area contributed by atoms with Crippen LogP contribution in [0.3, 0.4) is 0 Å². The lowest BCUT2D eigenvalue weighted by Crippen LogP contribution is -2.46. The highest BCUT2D eigenvalue weighted by molar-refractivity contribution is 5.93. The molecule has 0 saturated carbocycles. The van der Waals surface area contributed by atoms with Crippen molar-refractivity contribution in [2.75, 3.05) is 13.7 Å². The Hall–Kier alpha value is -3.20. The van der Waals surface area contributed by atoms with Crippen molar-refractivity contribution >= 4 is 23.9 Å². The fourth-order valence-electron chi connectivity index (χ4n) is 3.63. The van der Waals surface area contributed by atoms with Crippen molar-refractivity contribution < 1.29 is 43.2 Å². The van der Waals surface area contributed by atoms with E-state index < -0.39 is 54.7 Å². The summed E-state index contributed by atoms with van der Waals surface area (Å²) in [5, 5.41) is 9.11. The molecule has 0 unspecified atom stereocenters. The van der Waals surface area contributed by atoms with E-state index in [0.29, 0.717) is 12.8 Å². The highest BCUT2D eigenvalue weighted by atomic mass is 16.6. The Morgan fingerprint density at radius 2 is 1.97 bits per heavy atom. The second kappa shape index (κ2) is 10.9. The van der Waals surface area contributed by atoms with E-state index in [1.54, 1.807) is 12.2 Å². The summed E-state index contributed by atoms with van der Waals surface area (Å²) in [5.41, 5.74) is 0.969. The van der Waals surface area contributed by atoms with Crippen LogP contribution in [-0.2, 0) is 38.1 Å². The van der Waals surface area contributed by atoms with Gasteiger partial charge in [-0.1, -0.05) is 18.2 Å². The van der Waals surface area contributed by atoms with Crippen LogP contribution in [0.4, 0.5) is 0 Å². The third-order valence-electron chi connectivity index (χ3n) is 5.25. The predicted octanol–water partition coefficient (Wildman–Crippen LogP) is 1.71. The largest absolute Gasteiger partial charge is 0.466 e. The van der Waals surface area contributed by atoms with Gasteiger partial charge in [0.15, 0.2) is 12.2 Å². The van der Waals surface area contributed by atoms with Crippen LogP contribution in [0.2, 0.25) is 0 Å². The van der Waals surface area contributed by atoms with Gasteiger partial charge in [-0.15, -0.1) is 0 Å². The van der Waals surface area contributed by atoms with Crippen LogP contribution in [0.1, 0.15) is 33.6 Å². The molecule has 1 saturated heterocycles. The number of hydrogen-bond donors (Lipinski definition) is 1. The minimum atomic E-state index is -1.38. The summed E-state index contributed by atoms with van der Waals surface area (Å²) < 4.78 is 21.4. The fraction of sp³-hybridized carbons (Fsp3) is 0.478. The summed E-state index contributed by atoms with van der Waals surface area (Å²) in [4.78, 5) is 49.7. The molecule has 0 aromatic heterocycles. The molecular formula is C23H28O9. The number of aliphatic hydroxyl groups is 1. The second-order valence-electron chi connectivity index (χ2n) is 7.59. The molecule has 0 aromatic rings. The molecule has 1 aliphatic carbocycles. The molecule has 9 heteroatoms. The van der Waals surface area contributed by atoms with Gasteiger partial charge in [0.1, 0.15) is 6.10 Å². The number of rotatable bonds is 5. The van der Waals surface area contributed by atoms with E-state index in [1.165, 1.54) is 20.1 Å². The molecule has 0 amide bonds. The van der Waals surface area contributed by atoms with Crippen molar-refractivity contribution in [3.8, 4) is 0 Å². The van der Waals surface area contributed by atoms with Crippen LogP contribution >= 0.6 is 0 Å². The molecule has 0 radical (unpaired) electrons. The molecule has 0 aromatic carbocycles. The summed E-state index contributed by atoms with van der Waals surface area (Å²) in [6.07, 6.45) is 1.94. The van der Waals surface area contributed by atoms with Crippen molar-refractivity contribution in [1.82, 2.24) is 0 Å². The Morgan fingerprint density at radius 1 is 1.28 bits per heavy atom. The summed E-state index contributed by atoms with van der Waals surface area (Å²) in [6, 6.07) is 0. The number of fused-ring (bicyclic) bond motifs is 1. The number of methoxy groups -OCH3 is 1. The van der Waals surface area contributed by atoms with Gasteiger partial charge < -0.3 is 24.1 Å². The first kappa shape index (κ1) is 25.1. The first-order chi connectivity index (χ1) is 15.1. The van der Waals surface area contributed by atoms with Crippen molar-refractivity contribution in [2.45, 2.75) is 51.9 Å². The van der Waals surface area contributed by atoms with Crippen molar-refractivity contribution in [2.24, 2.45) is 5.92 Å². The number of carbonyl (C=O) groups excluding carboxylic acids is 4. The maximum atomic E-state index is 12.7. The van der Waals surface area contributed by atoms with Crippen LogP contribution < -0.4 is 0 Å². The van der Waals surface area contributed by atoms with E-state index in [9.17, 15) is 19.2 Å². The normalized spacial score (nSPS) is 29.5. The molecular weight excluding hydrogens is 420 g/mol. The Labute approximate surface area is 186 Å². The number of ether oxygens (including phenoxy) is 4. The average molecular weight is 448 g/mol. The Kier molecular flexibility index (Phi) is 8.54. The summed E-state index contributed by atoms with van der Waals surface area (Å²) in [5.74, 6) is -3.94. The molecule has 1 aliphatic heterocycles. The van der Waals surface area contributed by atoms with Crippen LogP contribution in [0, 0.1) is 5.92 Å². The molecule has 32 heavy (non-hydrogen) atoms. The van der Waals surface area contributed by atoms with E-state index in [-0.39, 0.29) is 16.7 Å². The molecule has 0 bridgehead atoms. The zero-order valence-corrected chi connectivity index (χ0v) is 18.6. The molecule has 4 atom stereocenters. The summed E-state index contributed by atoms with van der Waals surface area (Å²) in [6.45, 7) is 7.82. The Bertz CT molecular complexity index is 893. The maximum Gasteiger partial charge on any atom is 0.337 e.